The molecule has 3 nitrogen and oxygen atoms in total. The molecule has 2 aromatic heterocycles. The van der Waals surface area contributed by atoms with Crippen LogP contribution in [0.3, 0.4) is 0 Å². The van der Waals surface area contributed by atoms with E-state index in [1.54, 1.807) is 11.8 Å². The number of nitrogens with one attached hydrogen (secondary N) is 1. The Morgan fingerprint density at radius 2 is 1.90 bits per heavy atom. The minimum Gasteiger partial charge on any atom is -0.339 e. The third-order valence-electron chi connectivity index (χ3n) is 5.19. The second kappa shape index (κ2) is 7.98. The summed E-state index contributed by atoms with van der Waals surface area (Å²) >= 11 is 9.57. The zero-order valence-electron chi connectivity index (χ0n) is 16.0. The van der Waals surface area contributed by atoms with E-state index < -0.39 is 0 Å². The Bertz CT molecular complexity index is 1180. The van der Waals surface area contributed by atoms with E-state index in [0.29, 0.717) is 0 Å². The van der Waals surface area contributed by atoms with Crippen LogP contribution in [0.25, 0.3) is 10.2 Å². The molecule has 146 valence electrons. The summed E-state index contributed by atoms with van der Waals surface area (Å²) in [5.74, 6) is 2.52. The number of rotatable bonds is 5. The largest absolute Gasteiger partial charge is 0.339 e. The minimum atomic E-state index is 0.725. The van der Waals surface area contributed by atoms with Crippen molar-refractivity contribution in [2.45, 2.75) is 36.8 Å². The summed E-state index contributed by atoms with van der Waals surface area (Å²) < 4.78 is 0. The molecule has 6 heteroatoms. The number of fused-ring (bicyclic) bond motifs is 3. The zero-order chi connectivity index (χ0) is 19.8. The molecule has 1 N–H and O–H groups in total. The third-order valence-corrected chi connectivity index (χ3v) is 7.64. The summed E-state index contributed by atoms with van der Waals surface area (Å²) in [6.07, 6.45) is 3.52. The lowest BCUT2D eigenvalue weighted by molar-refractivity contribution is 0.917. The quantitative estimate of drug-likeness (QED) is 0.335. The highest BCUT2D eigenvalue weighted by atomic mass is 35.5. The average molecular weight is 438 g/mol. The molecule has 2 aromatic carbocycles. The van der Waals surface area contributed by atoms with Crippen molar-refractivity contribution in [1.82, 2.24) is 9.97 Å². The lowest BCUT2D eigenvalue weighted by Crippen LogP contribution is -2.02. The second-order valence-electron chi connectivity index (χ2n) is 7.21. The smallest absolute Gasteiger partial charge is 0.143 e. The van der Waals surface area contributed by atoms with Gasteiger partial charge in [0.1, 0.15) is 16.5 Å². The van der Waals surface area contributed by atoms with E-state index in [9.17, 15) is 0 Å². The molecule has 0 saturated carbocycles. The molecule has 1 aliphatic rings. The number of aryl methyl sites for hydroxylation is 3. The molecule has 0 radical (unpaired) electrons. The van der Waals surface area contributed by atoms with Gasteiger partial charge in [0.05, 0.1) is 11.1 Å². The fraction of sp³-hybridized carbons (Fsp3) is 0.217. The van der Waals surface area contributed by atoms with E-state index in [-0.39, 0.29) is 0 Å². The summed E-state index contributed by atoms with van der Waals surface area (Å²) in [7, 11) is 0. The predicted octanol–water partition coefficient (Wildman–Crippen LogP) is 7.18. The van der Waals surface area contributed by atoms with Gasteiger partial charge in [0.15, 0.2) is 0 Å². The molecule has 2 heterocycles. The molecule has 0 unspecified atom stereocenters. The molecule has 0 amide bonds. The standard InChI is InChI=1S/C23H20ClN3S2/c1-14-5-2-3-7-18(14)25-22-21-17-6-4-8-19(17)29-23(21)27-20(26-22)13-28-16-11-9-15(24)10-12-16/h2-3,5,7,9-12H,4,6,8,13H2,1H3,(H,25,26,27). The molecule has 4 aromatic rings. The van der Waals surface area contributed by atoms with Crippen molar-refractivity contribution in [3.63, 3.8) is 0 Å². The van der Waals surface area contributed by atoms with Crippen LogP contribution < -0.4 is 5.32 Å². The molecule has 0 saturated heterocycles. The van der Waals surface area contributed by atoms with E-state index >= 15 is 0 Å². The van der Waals surface area contributed by atoms with Gasteiger partial charge >= 0.3 is 0 Å². The van der Waals surface area contributed by atoms with Crippen molar-refractivity contribution in [1.29, 1.82) is 0 Å². The number of thioether (sulfide) groups is 1. The summed E-state index contributed by atoms with van der Waals surface area (Å²) in [5, 5.41) is 5.57. The van der Waals surface area contributed by atoms with E-state index in [1.165, 1.54) is 32.7 Å². The van der Waals surface area contributed by atoms with E-state index in [1.807, 2.05) is 35.6 Å². The van der Waals surface area contributed by atoms with Crippen LogP contribution in [0.2, 0.25) is 5.02 Å². The topological polar surface area (TPSA) is 37.8 Å². The Balaban J connectivity index is 1.52. The Kier molecular flexibility index (Phi) is 5.20. The Labute approximate surface area is 183 Å². The normalized spacial score (nSPS) is 13.0. The van der Waals surface area contributed by atoms with E-state index in [0.717, 1.165) is 45.8 Å². The van der Waals surface area contributed by atoms with Gasteiger partial charge in [-0.1, -0.05) is 29.8 Å². The van der Waals surface area contributed by atoms with Gasteiger partial charge < -0.3 is 5.32 Å². The van der Waals surface area contributed by atoms with Crippen LogP contribution in [0.15, 0.2) is 53.4 Å². The molecule has 0 spiro atoms. The molecule has 29 heavy (non-hydrogen) atoms. The minimum absolute atomic E-state index is 0.725. The van der Waals surface area contributed by atoms with Crippen molar-refractivity contribution in [3.8, 4) is 0 Å². The zero-order valence-corrected chi connectivity index (χ0v) is 18.4. The molecule has 0 bridgehead atoms. The first-order valence-corrected chi connectivity index (χ1v) is 11.9. The van der Waals surface area contributed by atoms with Crippen LogP contribution >= 0.6 is 34.7 Å². The highest BCUT2D eigenvalue weighted by Gasteiger charge is 2.22. The van der Waals surface area contributed by atoms with Gasteiger partial charge in [0, 0.05) is 20.5 Å². The maximum absolute atomic E-state index is 6.00. The van der Waals surface area contributed by atoms with Gasteiger partial charge in [-0.2, -0.15) is 0 Å². The van der Waals surface area contributed by atoms with Crippen LogP contribution in [-0.4, -0.2) is 9.97 Å². The van der Waals surface area contributed by atoms with Crippen molar-refractivity contribution in [2.24, 2.45) is 0 Å². The fourth-order valence-electron chi connectivity index (χ4n) is 3.71. The maximum atomic E-state index is 6.00. The third kappa shape index (κ3) is 3.87. The number of aromatic nitrogens is 2. The lowest BCUT2D eigenvalue weighted by atomic mass is 10.1. The molecule has 5 rings (SSSR count). The van der Waals surface area contributed by atoms with Gasteiger partial charge in [-0.3, -0.25) is 0 Å². The molecular weight excluding hydrogens is 418 g/mol. The van der Waals surface area contributed by atoms with Crippen molar-refractivity contribution < 1.29 is 0 Å². The molecule has 0 atom stereocenters. The van der Waals surface area contributed by atoms with Crippen molar-refractivity contribution in [3.05, 3.63) is 75.4 Å². The summed E-state index contributed by atoms with van der Waals surface area (Å²) in [5.41, 5.74) is 3.75. The fourth-order valence-corrected chi connectivity index (χ4v) is 5.87. The van der Waals surface area contributed by atoms with Crippen LogP contribution in [0, 0.1) is 6.92 Å². The number of hydrogen-bond acceptors (Lipinski definition) is 5. The summed E-state index contributed by atoms with van der Waals surface area (Å²) in [6, 6.07) is 16.3. The van der Waals surface area contributed by atoms with E-state index in [4.69, 9.17) is 21.6 Å². The van der Waals surface area contributed by atoms with Crippen LogP contribution in [0.4, 0.5) is 11.5 Å². The number of benzene rings is 2. The average Bonchev–Trinajstić information content (AvgIpc) is 3.30. The number of nitrogens with zero attached hydrogens (tertiary/aromatic N) is 2. The Hall–Kier alpha value is -2.08. The van der Waals surface area contributed by atoms with Crippen molar-refractivity contribution in [2.75, 3.05) is 5.32 Å². The van der Waals surface area contributed by atoms with Crippen LogP contribution in [0.1, 0.15) is 28.2 Å². The number of para-hydroxylation sites is 1. The van der Waals surface area contributed by atoms with Gasteiger partial charge in [-0.25, -0.2) is 9.97 Å². The molecule has 0 fully saturated rings. The van der Waals surface area contributed by atoms with Gasteiger partial charge in [0.2, 0.25) is 0 Å². The Morgan fingerprint density at radius 3 is 2.72 bits per heavy atom. The predicted molar refractivity (Wildman–Crippen MR) is 125 cm³/mol. The van der Waals surface area contributed by atoms with E-state index in [2.05, 4.69) is 36.5 Å². The van der Waals surface area contributed by atoms with Crippen LogP contribution in [0.5, 0.6) is 0 Å². The number of anilines is 2. The van der Waals surface area contributed by atoms with Crippen LogP contribution in [-0.2, 0) is 18.6 Å². The van der Waals surface area contributed by atoms with Crippen molar-refractivity contribution >= 4 is 56.4 Å². The lowest BCUT2D eigenvalue weighted by Gasteiger charge is -2.12. The highest BCUT2D eigenvalue weighted by molar-refractivity contribution is 7.98. The number of halogens is 1. The molecule has 1 aliphatic carbocycles. The second-order valence-corrected chi connectivity index (χ2v) is 9.78. The number of hydrogen-bond donors (Lipinski definition) is 1. The van der Waals surface area contributed by atoms with Gasteiger partial charge in [-0.15, -0.1) is 23.1 Å². The molecular formula is C23H20ClN3S2. The maximum Gasteiger partial charge on any atom is 0.143 e. The SMILES string of the molecule is Cc1ccccc1Nc1nc(CSc2ccc(Cl)cc2)nc2sc3c(c12)CCC3. The first-order chi connectivity index (χ1) is 14.2. The first-order valence-electron chi connectivity index (χ1n) is 9.69. The monoisotopic (exact) mass is 437 g/mol. The van der Waals surface area contributed by atoms with Gasteiger partial charge in [-0.05, 0) is 67.6 Å². The Morgan fingerprint density at radius 1 is 1.07 bits per heavy atom. The molecule has 0 aliphatic heterocycles. The van der Waals surface area contributed by atoms with Gasteiger partial charge in [0.25, 0.3) is 0 Å². The summed E-state index contributed by atoms with van der Waals surface area (Å²) in [6.45, 7) is 2.12. The highest BCUT2D eigenvalue weighted by Crippen LogP contribution is 2.41. The number of thiophene rings is 1. The summed E-state index contributed by atoms with van der Waals surface area (Å²) in [4.78, 5) is 13.6. The first kappa shape index (κ1) is 18.9.